The fourth-order valence-electron chi connectivity index (χ4n) is 3.22. The third-order valence-electron chi connectivity index (χ3n) is 5.22. The minimum Gasteiger partial charge on any atom is -0.481 e. The minimum atomic E-state index is -1.45. The first kappa shape index (κ1) is 38.0. The molecule has 0 fully saturated rings. The Morgan fingerprint density at radius 2 is 1.55 bits per heavy atom. The van der Waals surface area contributed by atoms with Gasteiger partial charge in [0.15, 0.2) is 5.78 Å². The van der Waals surface area contributed by atoms with Gasteiger partial charge in [0.25, 0.3) is 5.91 Å². The van der Waals surface area contributed by atoms with E-state index in [1.54, 1.807) is 48.5 Å². The number of carboxylic acid groups (broad SMARTS) is 1. The van der Waals surface area contributed by atoms with E-state index >= 15 is 0 Å². The van der Waals surface area contributed by atoms with Gasteiger partial charge in [0.2, 0.25) is 17.0 Å². The Labute approximate surface area is 269 Å². The summed E-state index contributed by atoms with van der Waals surface area (Å²) in [7, 11) is 0. The summed E-state index contributed by atoms with van der Waals surface area (Å²) in [4.78, 5) is 61.8. The number of hydrogen-bond donors (Lipinski definition) is 4. The summed E-state index contributed by atoms with van der Waals surface area (Å²) in [5, 5.41) is 28.4. The highest BCUT2D eigenvalue weighted by Crippen LogP contribution is 2.37. The van der Waals surface area contributed by atoms with E-state index in [4.69, 9.17) is 23.2 Å². The largest absolute Gasteiger partial charge is 0.481 e. The maximum atomic E-state index is 13.0. The Balaban J connectivity index is 0.00000232. The Morgan fingerprint density at radius 3 is 2.14 bits per heavy atom. The monoisotopic (exact) mass is 667 g/mol. The maximum Gasteiger partial charge on any atom is 0.305 e. The number of aromatic nitrogens is 4. The van der Waals surface area contributed by atoms with Gasteiger partial charge in [0, 0.05) is 5.56 Å². The molecular formula is C28H35Cl2N7O6S. The summed E-state index contributed by atoms with van der Waals surface area (Å²) in [6.07, 6.45) is -0.723. The first-order chi connectivity index (χ1) is 21.0. The van der Waals surface area contributed by atoms with Crippen molar-refractivity contribution in [3.05, 3.63) is 64.1 Å². The number of carbonyl (C=O) groups is 5. The second-order valence-corrected chi connectivity index (χ2v) is 10.0. The zero-order valence-corrected chi connectivity index (χ0v) is 27.2. The normalized spacial score (nSPS) is 11.3. The molecule has 16 heteroatoms. The van der Waals surface area contributed by atoms with E-state index in [1.165, 1.54) is 6.92 Å². The summed E-state index contributed by atoms with van der Waals surface area (Å²) in [6.45, 7) is 8.47. The Kier molecular flexibility index (Phi) is 17.3. The molecule has 0 aliphatic carbocycles. The van der Waals surface area contributed by atoms with Gasteiger partial charge in [-0.15, -0.1) is 5.10 Å². The van der Waals surface area contributed by atoms with E-state index < -0.39 is 61.1 Å². The summed E-state index contributed by atoms with van der Waals surface area (Å²) in [6, 6.07) is 10.5. The second-order valence-electron chi connectivity index (χ2n) is 8.24. The molecule has 0 saturated heterocycles. The SMILES string of the molecule is CC.CC.CC(NC(=O)CNC(=O)c1ccccc1)C(=O)NC(CC(=O)O)C(=O)Cn1nnnc1Sc1c(Cl)cccc1Cl. The number of rotatable bonds is 13. The smallest absolute Gasteiger partial charge is 0.305 e. The molecular weight excluding hydrogens is 633 g/mol. The molecule has 3 rings (SSSR count). The molecule has 13 nitrogen and oxygen atoms in total. The zero-order valence-electron chi connectivity index (χ0n) is 24.8. The van der Waals surface area contributed by atoms with Gasteiger partial charge in [-0.05, 0) is 53.4 Å². The first-order valence-corrected chi connectivity index (χ1v) is 15.2. The Bertz CT molecular complexity index is 1390. The Hall–Kier alpha value is -4.01. The van der Waals surface area contributed by atoms with Crippen molar-refractivity contribution in [3.8, 4) is 0 Å². The summed E-state index contributed by atoms with van der Waals surface area (Å²) in [5.41, 5.74) is 0.357. The van der Waals surface area contributed by atoms with Gasteiger partial charge >= 0.3 is 5.97 Å². The molecule has 44 heavy (non-hydrogen) atoms. The average molecular weight is 669 g/mol. The summed E-state index contributed by atoms with van der Waals surface area (Å²) < 4.78 is 1.12. The van der Waals surface area contributed by atoms with Crippen LogP contribution < -0.4 is 16.0 Å². The molecule has 2 unspecified atom stereocenters. The molecule has 0 radical (unpaired) electrons. The van der Waals surface area contributed by atoms with Crippen LogP contribution in [0.4, 0.5) is 0 Å². The molecule has 0 spiro atoms. The predicted octanol–water partition coefficient (Wildman–Crippen LogP) is 3.65. The second kappa shape index (κ2) is 20.0. The van der Waals surface area contributed by atoms with Gasteiger partial charge in [0.05, 0.1) is 33.9 Å². The number of amides is 3. The fraction of sp³-hybridized carbons (Fsp3) is 0.357. The van der Waals surface area contributed by atoms with Crippen molar-refractivity contribution in [1.29, 1.82) is 0 Å². The van der Waals surface area contributed by atoms with Crippen LogP contribution in [0.2, 0.25) is 10.0 Å². The number of carboxylic acids is 1. The van der Waals surface area contributed by atoms with Crippen LogP contribution in [0.5, 0.6) is 0 Å². The number of benzene rings is 2. The van der Waals surface area contributed by atoms with Gasteiger partial charge in [-0.2, -0.15) is 0 Å². The molecule has 2 atom stereocenters. The van der Waals surface area contributed by atoms with Crippen LogP contribution in [0.25, 0.3) is 0 Å². The van der Waals surface area contributed by atoms with Crippen molar-refractivity contribution in [2.75, 3.05) is 6.54 Å². The van der Waals surface area contributed by atoms with Crippen LogP contribution in [0.15, 0.2) is 58.6 Å². The van der Waals surface area contributed by atoms with Crippen molar-refractivity contribution < 1.29 is 29.1 Å². The van der Waals surface area contributed by atoms with Crippen LogP contribution in [0, 0.1) is 0 Å². The number of tetrazole rings is 1. The van der Waals surface area contributed by atoms with E-state index in [0.29, 0.717) is 20.5 Å². The number of halogens is 2. The number of nitrogens with one attached hydrogen (secondary N) is 3. The van der Waals surface area contributed by atoms with E-state index in [9.17, 15) is 29.1 Å². The molecule has 0 aliphatic rings. The molecule has 0 saturated carbocycles. The van der Waals surface area contributed by atoms with Crippen molar-refractivity contribution >= 4 is 64.4 Å². The molecule has 2 aromatic carbocycles. The van der Waals surface area contributed by atoms with Crippen LogP contribution in [0.1, 0.15) is 51.4 Å². The molecule has 1 heterocycles. The van der Waals surface area contributed by atoms with Gasteiger partial charge in [0.1, 0.15) is 12.6 Å². The minimum absolute atomic E-state index is 0.155. The Morgan fingerprint density at radius 1 is 0.932 bits per heavy atom. The maximum absolute atomic E-state index is 13.0. The zero-order chi connectivity index (χ0) is 33.2. The molecule has 1 aromatic heterocycles. The van der Waals surface area contributed by atoms with Crippen LogP contribution >= 0.6 is 35.0 Å². The van der Waals surface area contributed by atoms with E-state index in [2.05, 4.69) is 31.5 Å². The lowest BCUT2D eigenvalue weighted by Gasteiger charge is -2.20. The quantitative estimate of drug-likeness (QED) is 0.210. The van der Waals surface area contributed by atoms with Gasteiger partial charge < -0.3 is 21.1 Å². The lowest BCUT2D eigenvalue weighted by Crippen LogP contribution is -2.52. The van der Waals surface area contributed by atoms with Crippen LogP contribution in [0.3, 0.4) is 0 Å². The van der Waals surface area contributed by atoms with E-state index in [-0.39, 0.29) is 5.16 Å². The lowest BCUT2D eigenvalue weighted by atomic mass is 10.1. The highest BCUT2D eigenvalue weighted by atomic mass is 35.5. The number of hydrogen-bond acceptors (Lipinski definition) is 9. The first-order valence-electron chi connectivity index (χ1n) is 13.6. The van der Waals surface area contributed by atoms with Crippen molar-refractivity contribution in [1.82, 2.24) is 36.2 Å². The number of ketones is 1. The fourth-order valence-corrected chi connectivity index (χ4v) is 4.65. The molecule has 0 bridgehead atoms. The lowest BCUT2D eigenvalue weighted by molar-refractivity contribution is -0.140. The number of nitrogens with zero attached hydrogens (tertiary/aromatic N) is 4. The van der Waals surface area contributed by atoms with Crippen molar-refractivity contribution in [2.24, 2.45) is 0 Å². The van der Waals surface area contributed by atoms with Crippen molar-refractivity contribution in [3.63, 3.8) is 0 Å². The topological polar surface area (TPSA) is 185 Å². The standard InChI is InChI=1S/C24H23Cl2N7O6S.2C2H6/c1-13(28-19(35)11-27-23(39)14-6-3-2-4-7-14)22(38)29-17(10-20(36)37)18(34)12-33-24(30-31-32-33)40-21-15(25)8-5-9-16(21)26;2*1-2/h2-9,13,17H,10-12H2,1H3,(H,27,39)(H,28,35)(H,29,38)(H,36,37);2*1-2H3. The van der Waals surface area contributed by atoms with Crippen LogP contribution in [-0.2, 0) is 25.7 Å². The molecule has 3 amide bonds. The molecule has 238 valence electrons. The van der Waals surface area contributed by atoms with Crippen molar-refractivity contribution in [2.45, 2.75) is 69.7 Å². The highest BCUT2D eigenvalue weighted by molar-refractivity contribution is 7.99. The summed E-state index contributed by atoms with van der Waals surface area (Å²) >= 11 is 13.4. The van der Waals surface area contributed by atoms with Gasteiger partial charge in [-0.25, -0.2) is 4.68 Å². The average Bonchev–Trinajstić information content (AvgIpc) is 3.45. The predicted molar refractivity (Wildman–Crippen MR) is 167 cm³/mol. The third-order valence-corrected chi connectivity index (χ3v) is 7.19. The highest BCUT2D eigenvalue weighted by Gasteiger charge is 2.28. The molecule has 0 aliphatic heterocycles. The molecule has 4 N–H and O–H groups in total. The van der Waals surface area contributed by atoms with E-state index in [0.717, 1.165) is 16.4 Å². The summed E-state index contributed by atoms with van der Waals surface area (Å²) in [5.74, 6) is -3.99. The van der Waals surface area contributed by atoms with E-state index in [1.807, 2.05) is 27.7 Å². The number of aliphatic carboxylic acids is 1. The van der Waals surface area contributed by atoms with Gasteiger partial charge in [-0.1, -0.05) is 75.2 Å². The number of Topliss-reactive ketones (excluding diaryl/α,β-unsaturated/α-hetero) is 1. The van der Waals surface area contributed by atoms with Gasteiger partial charge in [-0.3, -0.25) is 24.0 Å². The third kappa shape index (κ3) is 12.3. The number of carbonyl (C=O) groups excluding carboxylic acids is 4. The molecule has 3 aromatic rings. The van der Waals surface area contributed by atoms with Crippen LogP contribution in [-0.4, -0.2) is 73.4 Å².